The summed E-state index contributed by atoms with van der Waals surface area (Å²) in [6, 6.07) is 3.62. The highest BCUT2D eigenvalue weighted by Crippen LogP contribution is 2.29. The highest BCUT2D eigenvalue weighted by atomic mass is 16.5. The minimum absolute atomic E-state index is 0.0780. The number of pyridine rings is 1. The Morgan fingerprint density at radius 1 is 1.31 bits per heavy atom. The van der Waals surface area contributed by atoms with Crippen molar-refractivity contribution < 1.29 is 9.53 Å². The largest absolute Gasteiger partial charge is 0.477 e. The lowest BCUT2D eigenvalue weighted by atomic mass is 10.1. The molecule has 2 aliphatic rings. The SMILES string of the molecule is CC(C)c1nnc2n1CC(NC(=O)c1ccc(OCC3CC3)nc1)CC2. The van der Waals surface area contributed by atoms with Crippen LogP contribution < -0.4 is 10.1 Å². The van der Waals surface area contributed by atoms with Gasteiger partial charge < -0.3 is 14.6 Å². The maximum absolute atomic E-state index is 12.5. The van der Waals surface area contributed by atoms with Crippen molar-refractivity contribution in [2.24, 2.45) is 5.92 Å². The Labute approximate surface area is 153 Å². The van der Waals surface area contributed by atoms with Crippen LogP contribution in [0.1, 0.15) is 61.0 Å². The number of fused-ring (bicyclic) bond motifs is 1. The summed E-state index contributed by atoms with van der Waals surface area (Å²) in [6.07, 6.45) is 5.78. The van der Waals surface area contributed by atoms with Gasteiger partial charge in [0.2, 0.25) is 5.88 Å². The molecular formula is C19H25N5O2. The third-order valence-corrected chi connectivity index (χ3v) is 4.99. The van der Waals surface area contributed by atoms with Gasteiger partial charge >= 0.3 is 0 Å². The summed E-state index contributed by atoms with van der Waals surface area (Å²) in [4.78, 5) is 16.8. The minimum atomic E-state index is -0.0983. The van der Waals surface area contributed by atoms with Crippen LogP contribution >= 0.6 is 0 Å². The number of aryl methyl sites for hydroxylation is 1. The van der Waals surface area contributed by atoms with E-state index in [1.54, 1.807) is 18.3 Å². The maximum Gasteiger partial charge on any atom is 0.253 e. The molecule has 2 aromatic heterocycles. The van der Waals surface area contributed by atoms with Crippen LogP contribution in [0.4, 0.5) is 0 Å². The first kappa shape index (κ1) is 17.0. The van der Waals surface area contributed by atoms with Crippen molar-refractivity contribution in [2.45, 2.75) is 58.0 Å². The number of aromatic nitrogens is 4. The quantitative estimate of drug-likeness (QED) is 0.860. The van der Waals surface area contributed by atoms with Crippen LogP contribution in [0, 0.1) is 5.92 Å². The van der Waals surface area contributed by atoms with Gasteiger partial charge in [-0.15, -0.1) is 10.2 Å². The van der Waals surface area contributed by atoms with Gasteiger partial charge in [-0.25, -0.2) is 4.98 Å². The molecule has 0 saturated heterocycles. The summed E-state index contributed by atoms with van der Waals surface area (Å²) in [6.45, 7) is 5.66. The second kappa shape index (κ2) is 7.05. The van der Waals surface area contributed by atoms with Crippen LogP contribution in [-0.2, 0) is 13.0 Å². The summed E-state index contributed by atoms with van der Waals surface area (Å²) in [7, 11) is 0. The van der Waals surface area contributed by atoms with Gasteiger partial charge in [-0.1, -0.05) is 13.8 Å². The number of amides is 1. The third-order valence-electron chi connectivity index (χ3n) is 4.99. The molecule has 1 unspecified atom stereocenters. The van der Waals surface area contributed by atoms with E-state index < -0.39 is 0 Å². The molecule has 0 aromatic carbocycles. The number of carbonyl (C=O) groups excluding carboxylic acids is 1. The van der Waals surface area contributed by atoms with Gasteiger partial charge in [0, 0.05) is 37.2 Å². The van der Waals surface area contributed by atoms with E-state index in [1.807, 2.05) is 0 Å². The molecule has 7 heteroatoms. The van der Waals surface area contributed by atoms with Crippen molar-refractivity contribution in [3.8, 4) is 5.88 Å². The van der Waals surface area contributed by atoms with Crippen molar-refractivity contribution in [2.75, 3.05) is 6.61 Å². The molecule has 26 heavy (non-hydrogen) atoms. The summed E-state index contributed by atoms with van der Waals surface area (Å²) in [5.41, 5.74) is 0.558. The number of nitrogens with one attached hydrogen (secondary N) is 1. The Hall–Kier alpha value is -2.44. The molecule has 1 fully saturated rings. The van der Waals surface area contributed by atoms with Crippen molar-refractivity contribution >= 4 is 5.91 Å². The Morgan fingerprint density at radius 3 is 2.85 bits per heavy atom. The predicted molar refractivity (Wildman–Crippen MR) is 96.1 cm³/mol. The zero-order valence-electron chi connectivity index (χ0n) is 15.3. The maximum atomic E-state index is 12.5. The van der Waals surface area contributed by atoms with Gasteiger partial charge in [-0.2, -0.15) is 0 Å². The molecule has 0 spiro atoms. The van der Waals surface area contributed by atoms with Crippen LogP contribution in [0.15, 0.2) is 18.3 Å². The van der Waals surface area contributed by atoms with Crippen molar-refractivity contribution in [1.29, 1.82) is 0 Å². The molecule has 1 aliphatic heterocycles. The molecule has 138 valence electrons. The molecule has 0 bridgehead atoms. The molecular weight excluding hydrogens is 330 g/mol. The highest BCUT2D eigenvalue weighted by Gasteiger charge is 2.25. The van der Waals surface area contributed by atoms with Crippen molar-refractivity contribution in [1.82, 2.24) is 25.1 Å². The van der Waals surface area contributed by atoms with Gasteiger partial charge in [0.25, 0.3) is 5.91 Å². The van der Waals surface area contributed by atoms with Crippen molar-refractivity contribution in [3.05, 3.63) is 35.5 Å². The topological polar surface area (TPSA) is 81.9 Å². The van der Waals surface area contributed by atoms with Gasteiger partial charge in [0.05, 0.1) is 12.2 Å². The first-order chi connectivity index (χ1) is 12.6. The minimum Gasteiger partial charge on any atom is -0.477 e. The van der Waals surface area contributed by atoms with Crippen LogP contribution in [0.5, 0.6) is 5.88 Å². The van der Waals surface area contributed by atoms with E-state index in [-0.39, 0.29) is 11.9 Å². The zero-order valence-corrected chi connectivity index (χ0v) is 15.3. The van der Waals surface area contributed by atoms with E-state index in [2.05, 4.69) is 38.9 Å². The van der Waals surface area contributed by atoms with E-state index in [0.717, 1.165) is 37.6 Å². The molecule has 1 N–H and O–H groups in total. The van der Waals surface area contributed by atoms with E-state index in [4.69, 9.17) is 4.74 Å². The Morgan fingerprint density at radius 2 is 2.15 bits per heavy atom. The highest BCUT2D eigenvalue weighted by molar-refractivity contribution is 5.94. The Bertz CT molecular complexity index is 780. The van der Waals surface area contributed by atoms with Crippen LogP contribution in [0.2, 0.25) is 0 Å². The lowest BCUT2D eigenvalue weighted by Gasteiger charge is -2.26. The van der Waals surface area contributed by atoms with Gasteiger partial charge in [0.15, 0.2) is 0 Å². The Kier molecular flexibility index (Phi) is 4.61. The molecule has 7 nitrogen and oxygen atoms in total. The number of rotatable bonds is 6. The van der Waals surface area contributed by atoms with Gasteiger partial charge in [-0.3, -0.25) is 4.79 Å². The lowest BCUT2D eigenvalue weighted by Crippen LogP contribution is -2.41. The lowest BCUT2D eigenvalue weighted by molar-refractivity contribution is 0.0926. The summed E-state index contributed by atoms with van der Waals surface area (Å²) >= 11 is 0. The molecule has 1 amide bonds. The molecule has 1 aliphatic carbocycles. The fourth-order valence-corrected chi connectivity index (χ4v) is 3.25. The van der Waals surface area contributed by atoms with E-state index in [0.29, 0.717) is 23.3 Å². The van der Waals surface area contributed by atoms with Crippen LogP contribution in [0.3, 0.4) is 0 Å². The van der Waals surface area contributed by atoms with Crippen LogP contribution in [0.25, 0.3) is 0 Å². The first-order valence-electron chi connectivity index (χ1n) is 9.42. The normalized spacial score (nSPS) is 19.3. The second-order valence-electron chi connectivity index (χ2n) is 7.59. The summed E-state index contributed by atoms with van der Waals surface area (Å²) in [5, 5.41) is 11.7. The fourth-order valence-electron chi connectivity index (χ4n) is 3.25. The third kappa shape index (κ3) is 3.71. The number of nitrogens with zero attached hydrogens (tertiary/aromatic N) is 4. The number of hydrogen-bond acceptors (Lipinski definition) is 5. The van der Waals surface area contributed by atoms with E-state index >= 15 is 0 Å². The molecule has 1 atom stereocenters. The fraction of sp³-hybridized carbons (Fsp3) is 0.579. The molecule has 4 rings (SSSR count). The second-order valence-corrected chi connectivity index (χ2v) is 7.59. The zero-order chi connectivity index (χ0) is 18.1. The number of carbonyl (C=O) groups is 1. The summed E-state index contributed by atoms with van der Waals surface area (Å²) < 4.78 is 7.77. The van der Waals surface area contributed by atoms with E-state index in [9.17, 15) is 4.79 Å². The first-order valence-corrected chi connectivity index (χ1v) is 9.42. The predicted octanol–water partition coefficient (Wildman–Crippen LogP) is 2.33. The Balaban J connectivity index is 1.36. The summed E-state index contributed by atoms with van der Waals surface area (Å²) in [5.74, 6) is 3.49. The van der Waals surface area contributed by atoms with Gasteiger partial charge in [0.1, 0.15) is 11.6 Å². The molecule has 3 heterocycles. The standard InChI is InChI=1S/C19H25N5O2/c1-12(2)18-23-22-16-7-6-15(10-24(16)18)21-19(25)14-5-8-17(20-9-14)26-11-13-3-4-13/h5,8-9,12-13,15H,3-4,6-7,10-11H2,1-2H3,(H,21,25). The molecule has 0 radical (unpaired) electrons. The smallest absolute Gasteiger partial charge is 0.253 e. The van der Waals surface area contributed by atoms with Gasteiger partial charge in [-0.05, 0) is 31.2 Å². The number of ether oxygens (including phenoxy) is 1. The monoisotopic (exact) mass is 355 g/mol. The molecule has 2 aromatic rings. The van der Waals surface area contributed by atoms with Crippen LogP contribution in [-0.4, -0.2) is 38.3 Å². The average Bonchev–Trinajstić information content (AvgIpc) is 3.37. The van der Waals surface area contributed by atoms with E-state index in [1.165, 1.54) is 12.8 Å². The van der Waals surface area contributed by atoms with Crippen molar-refractivity contribution in [3.63, 3.8) is 0 Å². The number of hydrogen-bond donors (Lipinski definition) is 1. The average molecular weight is 355 g/mol. The molecule has 1 saturated carbocycles.